The van der Waals surface area contributed by atoms with E-state index in [9.17, 15) is 23.2 Å². The highest BCUT2D eigenvalue weighted by Crippen LogP contribution is 2.22. The minimum atomic E-state index is -1.44. The summed E-state index contributed by atoms with van der Waals surface area (Å²) in [5, 5.41) is 2.48. The zero-order valence-corrected chi connectivity index (χ0v) is 16.2. The third kappa shape index (κ3) is 5.95. The maximum Gasteiger partial charge on any atom is 0.309 e. The fraction of sp³-hybridized carbons (Fsp3) is 0.350. The molecule has 156 valence electrons. The summed E-state index contributed by atoms with van der Waals surface area (Å²) in [6.07, 6.45) is 5.50. The fourth-order valence-corrected chi connectivity index (χ4v) is 2.90. The quantitative estimate of drug-likeness (QED) is 0.668. The largest absolute Gasteiger partial charge is 0.466 e. The van der Waals surface area contributed by atoms with Gasteiger partial charge in [0.1, 0.15) is 23.3 Å². The molecule has 1 heterocycles. The Hall–Kier alpha value is -3.07. The number of amides is 2. The number of carbonyl (C=O) groups excluding carboxylic acids is 3. The standard InChI is InChI=1S/C20H23F2N3O4/c1-3-29-18(27)12-20(23)6-4-5-7-25(20)19(28)13(2)24-17(26)10-14-8-15(21)11-16(22)9-14/h4-9,11,13H,3,10,12,23H2,1-2H3,(H,24,26)/t13-,20?/m0/s1. The second-order valence-corrected chi connectivity index (χ2v) is 6.63. The molecule has 0 saturated carbocycles. The SMILES string of the molecule is CCOC(=O)CC1(N)C=CC=CN1C(=O)[C@H](C)NC(=O)Cc1cc(F)cc(F)c1. The van der Waals surface area contributed by atoms with Crippen molar-refractivity contribution in [3.05, 3.63) is 59.8 Å². The molecule has 0 bridgehead atoms. The van der Waals surface area contributed by atoms with Crippen molar-refractivity contribution in [3.8, 4) is 0 Å². The first-order valence-electron chi connectivity index (χ1n) is 9.02. The van der Waals surface area contributed by atoms with Gasteiger partial charge in [-0.15, -0.1) is 0 Å². The van der Waals surface area contributed by atoms with E-state index in [0.29, 0.717) is 6.07 Å². The van der Waals surface area contributed by atoms with Crippen molar-refractivity contribution in [1.82, 2.24) is 10.2 Å². The predicted molar refractivity (Wildman–Crippen MR) is 101 cm³/mol. The molecule has 2 amide bonds. The zero-order valence-electron chi connectivity index (χ0n) is 16.2. The van der Waals surface area contributed by atoms with E-state index in [1.807, 2.05) is 0 Å². The molecule has 9 heteroatoms. The Bertz CT molecular complexity index is 836. The number of ether oxygens (including phenoxy) is 1. The van der Waals surface area contributed by atoms with E-state index in [0.717, 1.165) is 17.0 Å². The highest BCUT2D eigenvalue weighted by Gasteiger charge is 2.38. The highest BCUT2D eigenvalue weighted by atomic mass is 19.1. The van der Waals surface area contributed by atoms with E-state index < -0.39 is 41.1 Å². The normalized spacial score (nSPS) is 19.0. The van der Waals surface area contributed by atoms with Crippen LogP contribution < -0.4 is 11.1 Å². The van der Waals surface area contributed by atoms with Crippen molar-refractivity contribution in [2.24, 2.45) is 5.73 Å². The number of allylic oxidation sites excluding steroid dienone is 2. The van der Waals surface area contributed by atoms with E-state index in [1.165, 1.54) is 19.2 Å². The number of benzene rings is 1. The molecule has 3 N–H and O–H groups in total. The molecule has 2 rings (SSSR count). The molecule has 29 heavy (non-hydrogen) atoms. The lowest BCUT2D eigenvalue weighted by molar-refractivity contribution is -0.147. The summed E-state index contributed by atoms with van der Waals surface area (Å²) in [5.74, 6) is -3.32. The number of nitrogens with one attached hydrogen (secondary N) is 1. The molecule has 1 aliphatic rings. The van der Waals surface area contributed by atoms with Crippen LogP contribution in [0.15, 0.2) is 42.6 Å². The number of carbonyl (C=O) groups is 3. The van der Waals surface area contributed by atoms with Crippen LogP contribution in [0, 0.1) is 11.6 Å². The second kappa shape index (κ2) is 9.42. The molecule has 0 saturated heterocycles. The monoisotopic (exact) mass is 407 g/mol. The summed E-state index contributed by atoms with van der Waals surface area (Å²) >= 11 is 0. The van der Waals surface area contributed by atoms with E-state index in [-0.39, 0.29) is 25.0 Å². The van der Waals surface area contributed by atoms with Crippen molar-refractivity contribution < 1.29 is 27.9 Å². The molecule has 0 radical (unpaired) electrons. The van der Waals surface area contributed by atoms with Gasteiger partial charge >= 0.3 is 5.97 Å². The first-order chi connectivity index (χ1) is 13.6. The van der Waals surface area contributed by atoms with Crippen LogP contribution in [-0.2, 0) is 25.5 Å². The zero-order chi connectivity index (χ0) is 21.6. The highest BCUT2D eigenvalue weighted by molar-refractivity contribution is 5.89. The van der Waals surface area contributed by atoms with Crippen LogP contribution in [0.2, 0.25) is 0 Å². The third-order valence-electron chi connectivity index (χ3n) is 4.18. The molecule has 1 aliphatic heterocycles. The van der Waals surface area contributed by atoms with Crippen molar-refractivity contribution in [1.29, 1.82) is 0 Å². The van der Waals surface area contributed by atoms with Gasteiger partial charge in [-0.1, -0.05) is 6.08 Å². The van der Waals surface area contributed by atoms with E-state index >= 15 is 0 Å². The Labute approximate surface area is 167 Å². The van der Waals surface area contributed by atoms with Gasteiger partial charge in [-0.05, 0) is 43.7 Å². The minimum Gasteiger partial charge on any atom is -0.466 e. The molecule has 1 unspecified atom stereocenters. The summed E-state index contributed by atoms with van der Waals surface area (Å²) in [4.78, 5) is 38.0. The van der Waals surface area contributed by atoms with Crippen LogP contribution >= 0.6 is 0 Å². The van der Waals surface area contributed by atoms with E-state index in [2.05, 4.69) is 5.32 Å². The van der Waals surface area contributed by atoms with Gasteiger partial charge in [-0.2, -0.15) is 0 Å². The molecule has 0 spiro atoms. The number of nitrogens with zero attached hydrogens (tertiary/aromatic N) is 1. The first kappa shape index (κ1) is 22.2. The van der Waals surface area contributed by atoms with Crippen LogP contribution in [-0.4, -0.2) is 41.0 Å². The molecule has 7 nitrogen and oxygen atoms in total. The molecular weight excluding hydrogens is 384 g/mol. The second-order valence-electron chi connectivity index (χ2n) is 6.63. The maximum absolute atomic E-state index is 13.3. The van der Waals surface area contributed by atoms with Crippen molar-refractivity contribution >= 4 is 17.8 Å². The maximum atomic E-state index is 13.3. The summed E-state index contributed by atoms with van der Waals surface area (Å²) in [7, 11) is 0. The predicted octanol–water partition coefficient (Wildman–Crippen LogP) is 1.53. The number of esters is 1. The lowest BCUT2D eigenvalue weighted by Gasteiger charge is -2.38. The number of hydrogen-bond acceptors (Lipinski definition) is 5. The van der Waals surface area contributed by atoms with Crippen molar-refractivity contribution in [2.75, 3.05) is 6.61 Å². The van der Waals surface area contributed by atoms with Gasteiger partial charge in [0.25, 0.3) is 5.91 Å². The Kier molecular flexibility index (Phi) is 7.22. The van der Waals surface area contributed by atoms with E-state index in [1.54, 1.807) is 19.1 Å². The molecule has 0 fully saturated rings. The Morgan fingerprint density at radius 2 is 1.86 bits per heavy atom. The van der Waals surface area contributed by atoms with Crippen LogP contribution in [0.25, 0.3) is 0 Å². The van der Waals surface area contributed by atoms with Crippen LogP contribution in [0.4, 0.5) is 8.78 Å². The molecule has 2 atom stereocenters. The number of rotatable bonds is 7. The van der Waals surface area contributed by atoms with Gasteiger partial charge in [0.15, 0.2) is 0 Å². The average Bonchev–Trinajstić information content (AvgIpc) is 2.60. The fourth-order valence-electron chi connectivity index (χ4n) is 2.90. The summed E-state index contributed by atoms with van der Waals surface area (Å²) in [6, 6.07) is 1.78. The van der Waals surface area contributed by atoms with Crippen molar-refractivity contribution in [2.45, 2.75) is 38.4 Å². The Morgan fingerprint density at radius 1 is 1.21 bits per heavy atom. The van der Waals surface area contributed by atoms with Crippen LogP contribution in [0.3, 0.4) is 0 Å². The topological polar surface area (TPSA) is 102 Å². The molecule has 0 aliphatic carbocycles. The lowest BCUT2D eigenvalue weighted by Crippen LogP contribution is -2.60. The van der Waals surface area contributed by atoms with Crippen molar-refractivity contribution in [3.63, 3.8) is 0 Å². The average molecular weight is 407 g/mol. The molecular formula is C20H23F2N3O4. The van der Waals surface area contributed by atoms with Crippen LogP contribution in [0.5, 0.6) is 0 Å². The van der Waals surface area contributed by atoms with Gasteiger partial charge in [0.2, 0.25) is 5.91 Å². The summed E-state index contributed by atoms with van der Waals surface area (Å²) < 4.78 is 31.4. The third-order valence-corrected chi connectivity index (χ3v) is 4.18. The van der Waals surface area contributed by atoms with Crippen LogP contribution in [0.1, 0.15) is 25.8 Å². The van der Waals surface area contributed by atoms with Gasteiger partial charge in [0, 0.05) is 12.3 Å². The number of nitrogens with two attached hydrogens (primary N) is 1. The van der Waals surface area contributed by atoms with Gasteiger partial charge in [-0.25, -0.2) is 8.78 Å². The van der Waals surface area contributed by atoms with Gasteiger partial charge < -0.3 is 15.8 Å². The Balaban J connectivity index is 2.05. The summed E-state index contributed by atoms with van der Waals surface area (Å²) in [5.41, 5.74) is 4.92. The van der Waals surface area contributed by atoms with E-state index in [4.69, 9.17) is 10.5 Å². The number of halogens is 2. The van der Waals surface area contributed by atoms with Gasteiger partial charge in [-0.3, -0.25) is 19.3 Å². The number of hydrogen-bond donors (Lipinski definition) is 2. The first-order valence-corrected chi connectivity index (χ1v) is 9.02. The minimum absolute atomic E-state index is 0.135. The van der Waals surface area contributed by atoms with Gasteiger partial charge in [0.05, 0.1) is 19.4 Å². The molecule has 0 aromatic heterocycles. The molecule has 1 aromatic rings. The summed E-state index contributed by atoms with van der Waals surface area (Å²) in [6.45, 7) is 3.28. The lowest BCUT2D eigenvalue weighted by atomic mass is 10.0. The molecule has 1 aromatic carbocycles. The smallest absolute Gasteiger partial charge is 0.309 e. The Morgan fingerprint density at radius 3 is 2.48 bits per heavy atom.